The number of halogens is 3. The number of aromatic nitrogens is 3. The first-order valence-electron chi connectivity index (χ1n) is 13.2. The van der Waals surface area contributed by atoms with Crippen LogP contribution in [0.3, 0.4) is 0 Å². The number of fused-ring (bicyclic) bond motifs is 1. The molecule has 11 nitrogen and oxygen atoms in total. The molecule has 1 amide bonds. The van der Waals surface area contributed by atoms with Gasteiger partial charge in [0.1, 0.15) is 10.5 Å². The zero-order chi connectivity index (χ0) is 32.5. The van der Waals surface area contributed by atoms with Crippen molar-refractivity contribution < 1.29 is 40.7 Å². The van der Waals surface area contributed by atoms with Gasteiger partial charge in [-0.1, -0.05) is 13.0 Å². The number of nitrogens with zero attached hydrogens (tertiary/aromatic N) is 5. The minimum absolute atomic E-state index is 0.0777. The molecule has 0 aliphatic carbocycles. The number of nitriles is 1. The van der Waals surface area contributed by atoms with Gasteiger partial charge in [0.2, 0.25) is 0 Å². The Bertz CT molecular complexity index is 1700. The van der Waals surface area contributed by atoms with Crippen molar-refractivity contribution in [3.8, 4) is 6.07 Å². The number of alkyl halides is 3. The zero-order valence-corrected chi connectivity index (χ0v) is 25.6. The molecule has 0 bridgehead atoms. The third kappa shape index (κ3) is 7.24. The summed E-state index contributed by atoms with van der Waals surface area (Å²) in [6.45, 7) is 10.00. The number of amides is 1. The first-order valence-corrected chi connectivity index (χ1v) is 14.8. The fourth-order valence-corrected chi connectivity index (χ4v) is 5.12. The van der Waals surface area contributed by atoms with Crippen LogP contribution < -0.4 is 4.90 Å². The minimum Gasteiger partial charge on any atom is -0.462 e. The maximum atomic E-state index is 13.6. The van der Waals surface area contributed by atoms with Gasteiger partial charge in [-0.3, -0.25) is 9.88 Å². The monoisotopic (exact) mass is 623 g/mol. The van der Waals surface area contributed by atoms with E-state index >= 15 is 0 Å². The molecule has 0 aromatic carbocycles. The number of hydrogen-bond donors (Lipinski definition) is 0. The van der Waals surface area contributed by atoms with Crippen LogP contribution in [0, 0.1) is 11.3 Å². The maximum absolute atomic E-state index is 13.6. The Morgan fingerprint density at radius 2 is 1.74 bits per heavy atom. The van der Waals surface area contributed by atoms with Gasteiger partial charge in [-0.15, -0.1) is 5.10 Å². The molecule has 0 N–H and O–H groups in total. The molecule has 0 spiro atoms. The van der Waals surface area contributed by atoms with Gasteiger partial charge in [-0.2, -0.15) is 18.4 Å². The SMILES string of the molecule is CCOC(=O)c1cc(C(F)(F)F)cnc1CN(C(=O)OC(C)(C)C)c1nn2cc(C(C)(C)C#N)ccc2c1S(=O)(=O)CC. The van der Waals surface area contributed by atoms with E-state index < -0.39 is 62.6 Å². The summed E-state index contributed by atoms with van der Waals surface area (Å²) in [5.74, 6) is -1.92. The molecule has 0 aliphatic rings. The standard InChI is InChI=1S/C28H32F3N5O6S/c1-8-41-24(37)19-12-18(28(29,30)31)13-33-20(19)15-35(25(38)42-26(3,4)5)23-22(43(39,40)9-2)21-11-10-17(14-36(21)34-23)27(6,7)16-32/h10-14H,8-9,15H2,1-7H3. The fourth-order valence-electron chi connectivity index (χ4n) is 3.92. The molecule has 232 valence electrons. The summed E-state index contributed by atoms with van der Waals surface area (Å²) in [6, 6.07) is 5.71. The van der Waals surface area contributed by atoms with Gasteiger partial charge in [0, 0.05) is 12.4 Å². The molecule has 0 aliphatic heterocycles. The Morgan fingerprint density at radius 3 is 2.28 bits per heavy atom. The molecule has 3 heterocycles. The zero-order valence-electron chi connectivity index (χ0n) is 24.7. The lowest BCUT2D eigenvalue weighted by Crippen LogP contribution is -2.38. The number of hydrogen-bond acceptors (Lipinski definition) is 9. The minimum atomic E-state index is -4.84. The van der Waals surface area contributed by atoms with Crippen molar-refractivity contribution in [2.24, 2.45) is 0 Å². The number of ether oxygens (including phenoxy) is 2. The van der Waals surface area contributed by atoms with Crippen molar-refractivity contribution in [2.45, 2.75) is 77.1 Å². The van der Waals surface area contributed by atoms with Gasteiger partial charge in [-0.25, -0.2) is 22.5 Å². The molecule has 3 aromatic heterocycles. The van der Waals surface area contributed by atoms with Crippen LogP contribution in [0.15, 0.2) is 35.5 Å². The van der Waals surface area contributed by atoms with Crippen LogP contribution in [0.1, 0.15) is 75.6 Å². The van der Waals surface area contributed by atoms with E-state index in [0.29, 0.717) is 17.8 Å². The summed E-state index contributed by atoms with van der Waals surface area (Å²) in [5.41, 5.74) is -3.61. The molecule has 0 fully saturated rings. The van der Waals surface area contributed by atoms with E-state index in [4.69, 9.17) is 9.47 Å². The number of esters is 1. The Balaban J connectivity index is 2.36. The molecule has 3 aromatic rings. The predicted octanol–water partition coefficient (Wildman–Crippen LogP) is 5.46. The van der Waals surface area contributed by atoms with Crippen molar-refractivity contribution in [1.82, 2.24) is 14.6 Å². The normalized spacial score (nSPS) is 12.6. The van der Waals surface area contributed by atoms with Gasteiger partial charge in [0.05, 0.1) is 52.7 Å². The largest absolute Gasteiger partial charge is 0.462 e. The quantitative estimate of drug-likeness (QED) is 0.299. The third-order valence-electron chi connectivity index (χ3n) is 6.23. The highest BCUT2D eigenvalue weighted by molar-refractivity contribution is 7.91. The topological polar surface area (TPSA) is 144 Å². The van der Waals surface area contributed by atoms with Crippen LogP contribution in [0.4, 0.5) is 23.8 Å². The van der Waals surface area contributed by atoms with E-state index in [9.17, 15) is 36.4 Å². The molecular weight excluding hydrogens is 591 g/mol. The molecule has 0 radical (unpaired) electrons. The van der Waals surface area contributed by atoms with E-state index in [1.54, 1.807) is 40.7 Å². The Morgan fingerprint density at radius 1 is 1.09 bits per heavy atom. The molecule has 3 rings (SSSR count). The summed E-state index contributed by atoms with van der Waals surface area (Å²) in [6.07, 6.45) is -3.99. The second-order valence-electron chi connectivity index (χ2n) is 11.0. The number of anilines is 1. The van der Waals surface area contributed by atoms with Crippen molar-refractivity contribution in [1.29, 1.82) is 5.26 Å². The van der Waals surface area contributed by atoms with E-state index in [1.165, 1.54) is 30.6 Å². The second-order valence-corrected chi connectivity index (χ2v) is 13.3. The predicted molar refractivity (Wildman–Crippen MR) is 149 cm³/mol. The number of rotatable bonds is 8. The summed E-state index contributed by atoms with van der Waals surface area (Å²) < 4.78 is 79.0. The maximum Gasteiger partial charge on any atom is 0.417 e. The lowest BCUT2D eigenvalue weighted by atomic mass is 9.88. The van der Waals surface area contributed by atoms with E-state index in [-0.39, 0.29) is 28.5 Å². The van der Waals surface area contributed by atoms with E-state index in [0.717, 1.165) is 4.90 Å². The highest BCUT2D eigenvalue weighted by Gasteiger charge is 2.37. The third-order valence-corrected chi connectivity index (χ3v) is 8.00. The Labute approximate surface area is 247 Å². The van der Waals surface area contributed by atoms with Crippen LogP contribution in [0.2, 0.25) is 0 Å². The number of sulfone groups is 1. The smallest absolute Gasteiger partial charge is 0.417 e. The average molecular weight is 624 g/mol. The van der Waals surface area contributed by atoms with Crippen molar-refractivity contribution in [2.75, 3.05) is 17.3 Å². The van der Waals surface area contributed by atoms with E-state index in [2.05, 4.69) is 16.2 Å². The van der Waals surface area contributed by atoms with Gasteiger partial charge in [-0.05, 0) is 59.2 Å². The molecular formula is C28H32F3N5O6S. The van der Waals surface area contributed by atoms with Crippen LogP contribution in [0.5, 0.6) is 0 Å². The summed E-state index contributed by atoms with van der Waals surface area (Å²) in [5, 5.41) is 14.0. The first-order chi connectivity index (χ1) is 19.8. The molecule has 0 unspecified atom stereocenters. The second kappa shape index (κ2) is 11.8. The number of carbonyl (C=O) groups is 2. The van der Waals surface area contributed by atoms with Gasteiger partial charge >= 0.3 is 18.2 Å². The summed E-state index contributed by atoms with van der Waals surface area (Å²) in [7, 11) is -4.10. The summed E-state index contributed by atoms with van der Waals surface area (Å²) >= 11 is 0. The first kappa shape index (κ1) is 33.3. The highest BCUT2D eigenvalue weighted by atomic mass is 32.2. The fraction of sp³-hybridized carbons (Fsp3) is 0.464. The van der Waals surface area contributed by atoms with E-state index in [1.807, 2.05) is 0 Å². The number of carbonyl (C=O) groups excluding carboxylic acids is 2. The molecule has 43 heavy (non-hydrogen) atoms. The van der Waals surface area contributed by atoms with Crippen LogP contribution in [-0.2, 0) is 37.4 Å². The summed E-state index contributed by atoms with van der Waals surface area (Å²) in [4.78, 5) is 30.6. The molecule has 0 saturated carbocycles. The van der Waals surface area contributed by atoms with Crippen molar-refractivity contribution >= 4 is 33.2 Å². The number of pyridine rings is 2. The van der Waals surface area contributed by atoms with Crippen molar-refractivity contribution in [3.05, 3.63) is 53.0 Å². The average Bonchev–Trinajstić information content (AvgIpc) is 3.29. The van der Waals surface area contributed by atoms with Gasteiger partial charge < -0.3 is 9.47 Å². The van der Waals surface area contributed by atoms with Crippen LogP contribution in [0.25, 0.3) is 5.52 Å². The van der Waals surface area contributed by atoms with Crippen molar-refractivity contribution in [3.63, 3.8) is 0 Å². The lowest BCUT2D eigenvalue weighted by molar-refractivity contribution is -0.137. The van der Waals surface area contributed by atoms with Crippen LogP contribution in [-0.4, -0.2) is 53.0 Å². The Kier molecular flexibility index (Phi) is 9.16. The Hall–Kier alpha value is -4.19. The van der Waals surface area contributed by atoms with Gasteiger partial charge in [0.15, 0.2) is 15.7 Å². The highest BCUT2D eigenvalue weighted by Crippen LogP contribution is 2.35. The molecule has 15 heteroatoms. The molecule has 0 atom stereocenters. The van der Waals surface area contributed by atoms with Crippen LogP contribution >= 0.6 is 0 Å². The van der Waals surface area contributed by atoms with Gasteiger partial charge in [0.25, 0.3) is 0 Å². The molecule has 0 saturated heterocycles. The lowest BCUT2D eigenvalue weighted by Gasteiger charge is -2.27.